The van der Waals surface area contributed by atoms with Crippen molar-refractivity contribution in [2.45, 2.75) is 46.3 Å². The fourth-order valence-corrected chi connectivity index (χ4v) is 2.18. The van der Waals surface area contributed by atoms with Crippen molar-refractivity contribution in [3.8, 4) is 0 Å². The van der Waals surface area contributed by atoms with Crippen molar-refractivity contribution in [2.24, 2.45) is 11.8 Å². The molecule has 0 fully saturated rings. The maximum atomic E-state index is 9.99. The van der Waals surface area contributed by atoms with Crippen LogP contribution < -0.4 is 10.6 Å². The summed E-state index contributed by atoms with van der Waals surface area (Å²) in [6, 6.07) is 0. The molecule has 0 radical (unpaired) electrons. The molecule has 0 aliphatic rings. The van der Waals surface area contributed by atoms with Crippen molar-refractivity contribution in [2.75, 3.05) is 46.3 Å². The Morgan fingerprint density at radius 2 is 1.52 bits per heavy atom. The molecule has 2 unspecified atom stereocenters. The molecule has 0 amide bonds. The molecule has 0 aromatic heterocycles. The summed E-state index contributed by atoms with van der Waals surface area (Å²) in [6.45, 7) is 17.1. The summed E-state index contributed by atoms with van der Waals surface area (Å²) in [5.74, 6) is 0.825. The highest BCUT2D eigenvalue weighted by molar-refractivity contribution is 5.02. The van der Waals surface area contributed by atoms with Gasteiger partial charge in [-0.1, -0.05) is 34.3 Å². The lowest BCUT2D eigenvalue weighted by molar-refractivity contribution is 0.123. The minimum absolute atomic E-state index is 0.276. The molecule has 0 bridgehead atoms. The number of likely N-dealkylation sites (N-methyl/N-ethyl adjacent to an activating group) is 1. The first kappa shape index (κ1) is 22.5. The molecule has 0 rings (SSSR count). The molecule has 138 valence electrons. The molecule has 5 heteroatoms. The zero-order valence-corrected chi connectivity index (χ0v) is 15.8. The van der Waals surface area contributed by atoms with Gasteiger partial charge in [0.1, 0.15) is 0 Å². The van der Waals surface area contributed by atoms with Crippen LogP contribution in [0, 0.1) is 11.8 Å². The van der Waals surface area contributed by atoms with Crippen LogP contribution in [-0.2, 0) is 0 Å². The van der Waals surface area contributed by atoms with Crippen LogP contribution in [0.1, 0.15) is 34.1 Å². The molecular formula is C18H39N3O2. The van der Waals surface area contributed by atoms with Gasteiger partial charge in [-0.15, -0.1) is 0 Å². The first-order chi connectivity index (χ1) is 10.7. The molecule has 0 saturated heterocycles. The lowest BCUT2D eigenvalue weighted by atomic mass is 10.00. The summed E-state index contributed by atoms with van der Waals surface area (Å²) in [5, 5.41) is 26.2. The summed E-state index contributed by atoms with van der Waals surface area (Å²) in [6.07, 6.45) is 0.140. The Bertz CT molecular complexity index is 309. The second-order valence-electron chi connectivity index (χ2n) is 7.29. The van der Waals surface area contributed by atoms with E-state index in [1.54, 1.807) is 0 Å². The van der Waals surface area contributed by atoms with Crippen molar-refractivity contribution in [3.63, 3.8) is 0 Å². The molecule has 0 spiro atoms. The van der Waals surface area contributed by atoms with Crippen LogP contribution >= 0.6 is 0 Å². The van der Waals surface area contributed by atoms with Gasteiger partial charge >= 0.3 is 0 Å². The largest absolute Gasteiger partial charge is 0.392 e. The van der Waals surface area contributed by atoms with E-state index in [2.05, 4.69) is 43.0 Å². The number of rotatable bonds is 14. The molecule has 5 nitrogen and oxygen atoms in total. The second kappa shape index (κ2) is 12.9. The number of nitrogens with zero attached hydrogens (tertiary/aromatic N) is 1. The fraction of sp³-hybridized carbons (Fsp3) is 0.889. The van der Waals surface area contributed by atoms with E-state index in [4.69, 9.17) is 0 Å². The van der Waals surface area contributed by atoms with Gasteiger partial charge in [-0.25, -0.2) is 0 Å². The Morgan fingerprint density at radius 1 is 1.00 bits per heavy atom. The summed E-state index contributed by atoms with van der Waals surface area (Å²) in [7, 11) is 2.08. The monoisotopic (exact) mass is 329 g/mol. The van der Waals surface area contributed by atoms with Gasteiger partial charge in [0.05, 0.1) is 12.2 Å². The lowest BCUT2D eigenvalue weighted by Gasteiger charge is -2.20. The molecule has 0 aliphatic heterocycles. The topological polar surface area (TPSA) is 67.8 Å². The van der Waals surface area contributed by atoms with Crippen LogP contribution in [-0.4, -0.2) is 73.6 Å². The van der Waals surface area contributed by atoms with Gasteiger partial charge < -0.3 is 25.7 Å². The van der Waals surface area contributed by atoms with Crippen molar-refractivity contribution in [1.29, 1.82) is 0 Å². The molecule has 2 atom stereocenters. The van der Waals surface area contributed by atoms with Crippen molar-refractivity contribution < 1.29 is 10.2 Å². The number of aliphatic hydroxyl groups excluding tert-OH is 2. The second-order valence-corrected chi connectivity index (χ2v) is 7.29. The molecule has 0 aliphatic carbocycles. The first-order valence-corrected chi connectivity index (χ1v) is 8.87. The number of hydrogen-bond acceptors (Lipinski definition) is 5. The van der Waals surface area contributed by atoms with E-state index >= 15 is 0 Å². The van der Waals surface area contributed by atoms with Crippen LogP contribution in [0.4, 0.5) is 0 Å². The van der Waals surface area contributed by atoms with Gasteiger partial charge in [-0.2, -0.15) is 0 Å². The molecule has 0 saturated carbocycles. The third kappa shape index (κ3) is 12.6. The van der Waals surface area contributed by atoms with E-state index in [0.29, 0.717) is 24.9 Å². The Balaban J connectivity index is 3.60. The molecule has 4 N–H and O–H groups in total. The zero-order chi connectivity index (χ0) is 17.8. The predicted molar refractivity (Wildman–Crippen MR) is 98.7 cm³/mol. The summed E-state index contributed by atoms with van der Waals surface area (Å²) >= 11 is 0. The van der Waals surface area contributed by atoms with E-state index < -0.39 is 6.10 Å². The Labute approximate surface area is 143 Å². The van der Waals surface area contributed by atoms with E-state index in [1.807, 2.05) is 13.8 Å². The Kier molecular flexibility index (Phi) is 12.6. The smallest absolute Gasteiger partial charge is 0.0871 e. The van der Waals surface area contributed by atoms with Crippen LogP contribution in [0.5, 0.6) is 0 Å². The number of nitrogens with one attached hydrogen (secondary N) is 2. The van der Waals surface area contributed by atoms with Gasteiger partial charge in [0.15, 0.2) is 0 Å². The van der Waals surface area contributed by atoms with Gasteiger partial charge in [0, 0.05) is 39.3 Å². The highest BCUT2D eigenvalue weighted by Crippen LogP contribution is 2.11. The maximum Gasteiger partial charge on any atom is 0.0871 e. The third-order valence-electron chi connectivity index (χ3n) is 3.94. The van der Waals surface area contributed by atoms with Crippen molar-refractivity contribution in [1.82, 2.24) is 15.5 Å². The van der Waals surface area contributed by atoms with Crippen LogP contribution in [0.2, 0.25) is 0 Å². The highest BCUT2D eigenvalue weighted by Gasteiger charge is 2.10. The van der Waals surface area contributed by atoms with Gasteiger partial charge in [-0.3, -0.25) is 0 Å². The normalized spacial score (nSPS) is 14.7. The summed E-state index contributed by atoms with van der Waals surface area (Å²) < 4.78 is 0. The van der Waals surface area contributed by atoms with Crippen LogP contribution in [0.3, 0.4) is 0 Å². The van der Waals surface area contributed by atoms with Gasteiger partial charge in [0.25, 0.3) is 0 Å². The summed E-state index contributed by atoms with van der Waals surface area (Å²) in [4.78, 5) is 2.23. The zero-order valence-electron chi connectivity index (χ0n) is 15.8. The first-order valence-electron chi connectivity index (χ1n) is 8.87. The molecule has 0 aromatic rings. The highest BCUT2D eigenvalue weighted by atomic mass is 16.3. The quantitative estimate of drug-likeness (QED) is 0.284. The minimum Gasteiger partial charge on any atom is -0.392 e. The van der Waals surface area contributed by atoms with Crippen LogP contribution in [0.25, 0.3) is 0 Å². The van der Waals surface area contributed by atoms with Crippen molar-refractivity contribution in [3.05, 3.63) is 12.2 Å². The van der Waals surface area contributed by atoms with E-state index in [1.165, 1.54) is 0 Å². The maximum absolute atomic E-state index is 9.99. The average Bonchev–Trinajstić information content (AvgIpc) is 2.46. The van der Waals surface area contributed by atoms with E-state index in [0.717, 1.165) is 38.2 Å². The van der Waals surface area contributed by atoms with Gasteiger partial charge in [-0.05, 0) is 30.9 Å². The molecular weight excluding hydrogens is 290 g/mol. The average molecular weight is 330 g/mol. The fourth-order valence-electron chi connectivity index (χ4n) is 2.18. The van der Waals surface area contributed by atoms with E-state index in [9.17, 15) is 10.2 Å². The third-order valence-corrected chi connectivity index (χ3v) is 3.94. The Hall–Kier alpha value is -0.460. The minimum atomic E-state index is -0.457. The predicted octanol–water partition coefficient (Wildman–Crippen LogP) is 1.08. The SMILES string of the molecule is C=C(CC(C)C)C(O)CNCCN(C)CCNCC(O)C(C)C. The number of hydrogen-bond donors (Lipinski definition) is 4. The van der Waals surface area contributed by atoms with Crippen molar-refractivity contribution >= 4 is 0 Å². The molecule has 0 heterocycles. The summed E-state index contributed by atoms with van der Waals surface area (Å²) in [5.41, 5.74) is 0.911. The molecule has 0 aromatic carbocycles. The molecule has 23 heavy (non-hydrogen) atoms. The van der Waals surface area contributed by atoms with E-state index in [-0.39, 0.29) is 6.10 Å². The lowest BCUT2D eigenvalue weighted by Crippen LogP contribution is -2.38. The number of aliphatic hydroxyl groups is 2. The standard InChI is InChI=1S/C18H39N3O2/c1-14(2)11-16(5)18(23)13-20-8-10-21(6)9-7-19-12-17(22)15(3)4/h14-15,17-20,22-23H,5,7-13H2,1-4,6H3. The Morgan fingerprint density at radius 3 is 2.00 bits per heavy atom. The van der Waals surface area contributed by atoms with Gasteiger partial charge in [0.2, 0.25) is 0 Å². The van der Waals surface area contributed by atoms with Crippen LogP contribution in [0.15, 0.2) is 12.2 Å².